The van der Waals surface area contributed by atoms with Crippen LogP contribution >= 0.6 is 0 Å². The molecule has 1 unspecified atom stereocenters. The number of carbonyl (C=O) groups is 1. The SMILES string of the molecule is CC(CN)CON(C)C(=O)OC(C)(C)C. The Morgan fingerprint density at radius 2 is 2.00 bits per heavy atom. The molecule has 0 aliphatic carbocycles. The van der Waals surface area contributed by atoms with E-state index in [0.717, 1.165) is 5.06 Å². The Morgan fingerprint density at radius 1 is 1.47 bits per heavy atom. The topological polar surface area (TPSA) is 64.8 Å². The van der Waals surface area contributed by atoms with E-state index in [-0.39, 0.29) is 5.92 Å². The van der Waals surface area contributed by atoms with Crippen LogP contribution in [-0.4, -0.2) is 37.0 Å². The summed E-state index contributed by atoms with van der Waals surface area (Å²) in [6.45, 7) is 8.31. The molecule has 0 aromatic rings. The molecule has 0 bridgehead atoms. The summed E-state index contributed by atoms with van der Waals surface area (Å²) >= 11 is 0. The van der Waals surface area contributed by atoms with Crippen LogP contribution in [0.2, 0.25) is 0 Å². The standard InChI is InChI=1S/C10H22N2O3/c1-8(6-11)7-14-12(5)9(13)15-10(2,3)4/h8H,6-7,11H2,1-5H3. The van der Waals surface area contributed by atoms with Crippen LogP contribution < -0.4 is 5.73 Å². The average Bonchev–Trinajstić information content (AvgIpc) is 2.10. The molecule has 0 rings (SSSR count). The molecule has 0 aromatic carbocycles. The molecule has 1 atom stereocenters. The van der Waals surface area contributed by atoms with Crippen molar-refractivity contribution in [3.63, 3.8) is 0 Å². The maximum absolute atomic E-state index is 11.4. The van der Waals surface area contributed by atoms with Gasteiger partial charge in [0.05, 0.1) is 6.61 Å². The van der Waals surface area contributed by atoms with E-state index in [9.17, 15) is 4.79 Å². The first kappa shape index (κ1) is 14.2. The van der Waals surface area contributed by atoms with Crippen LogP contribution in [0.1, 0.15) is 27.7 Å². The Hall–Kier alpha value is -0.810. The Morgan fingerprint density at radius 3 is 2.40 bits per heavy atom. The number of hydrogen-bond acceptors (Lipinski definition) is 4. The molecular weight excluding hydrogens is 196 g/mol. The van der Waals surface area contributed by atoms with E-state index in [1.54, 1.807) is 20.8 Å². The normalized spacial score (nSPS) is 13.5. The molecule has 90 valence electrons. The summed E-state index contributed by atoms with van der Waals surface area (Å²) in [5.74, 6) is 0.217. The maximum atomic E-state index is 11.4. The number of nitrogens with zero attached hydrogens (tertiary/aromatic N) is 1. The Kier molecular flexibility index (Phi) is 5.60. The molecule has 5 heteroatoms. The van der Waals surface area contributed by atoms with Crippen LogP contribution in [0.25, 0.3) is 0 Å². The van der Waals surface area contributed by atoms with E-state index in [0.29, 0.717) is 13.2 Å². The van der Waals surface area contributed by atoms with E-state index in [1.165, 1.54) is 7.05 Å². The number of rotatable bonds is 4. The zero-order valence-electron chi connectivity index (χ0n) is 10.2. The lowest BCUT2D eigenvalue weighted by molar-refractivity contribution is -0.139. The van der Waals surface area contributed by atoms with Crippen molar-refractivity contribution in [1.29, 1.82) is 0 Å². The van der Waals surface area contributed by atoms with Crippen molar-refractivity contribution in [2.24, 2.45) is 11.7 Å². The van der Waals surface area contributed by atoms with Gasteiger partial charge in [-0.25, -0.2) is 4.79 Å². The minimum absolute atomic E-state index is 0.217. The zero-order chi connectivity index (χ0) is 12.1. The van der Waals surface area contributed by atoms with Gasteiger partial charge in [0.2, 0.25) is 0 Å². The van der Waals surface area contributed by atoms with Gasteiger partial charge in [0.15, 0.2) is 0 Å². The highest BCUT2D eigenvalue weighted by molar-refractivity contribution is 5.66. The molecule has 0 fully saturated rings. The number of hydrogen-bond donors (Lipinski definition) is 1. The van der Waals surface area contributed by atoms with Crippen LogP contribution in [0.5, 0.6) is 0 Å². The first-order chi connectivity index (χ1) is 6.76. The molecule has 0 aliphatic rings. The second-order valence-electron chi connectivity index (χ2n) is 4.61. The Bertz CT molecular complexity index is 201. The van der Waals surface area contributed by atoms with Gasteiger partial charge in [0.1, 0.15) is 5.60 Å². The van der Waals surface area contributed by atoms with Gasteiger partial charge in [-0.2, -0.15) is 5.06 Å². The largest absolute Gasteiger partial charge is 0.442 e. The molecule has 2 N–H and O–H groups in total. The van der Waals surface area contributed by atoms with Gasteiger partial charge in [-0.1, -0.05) is 6.92 Å². The van der Waals surface area contributed by atoms with E-state index < -0.39 is 11.7 Å². The number of hydroxylamine groups is 2. The lowest BCUT2D eigenvalue weighted by atomic mass is 10.2. The minimum atomic E-state index is -0.506. The van der Waals surface area contributed by atoms with E-state index in [1.807, 2.05) is 6.92 Å². The van der Waals surface area contributed by atoms with Gasteiger partial charge in [0, 0.05) is 7.05 Å². The zero-order valence-corrected chi connectivity index (χ0v) is 10.2. The van der Waals surface area contributed by atoms with Crippen LogP contribution in [0.15, 0.2) is 0 Å². The molecule has 0 aliphatic heterocycles. The van der Waals surface area contributed by atoms with Gasteiger partial charge in [-0.3, -0.25) is 4.84 Å². The fourth-order valence-electron chi connectivity index (χ4n) is 0.686. The predicted octanol–water partition coefficient (Wildman–Crippen LogP) is 1.38. The van der Waals surface area contributed by atoms with Crippen molar-refractivity contribution < 1.29 is 14.4 Å². The second-order valence-corrected chi connectivity index (χ2v) is 4.61. The minimum Gasteiger partial charge on any atom is -0.442 e. The smallest absolute Gasteiger partial charge is 0.434 e. The van der Waals surface area contributed by atoms with Gasteiger partial charge < -0.3 is 10.5 Å². The quantitative estimate of drug-likeness (QED) is 0.724. The molecule has 0 saturated carbocycles. The van der Waals surface area contributed by atoms with Gasteiger partial charge in [-0.15, -0.1) is 0 Å². The van der Waals surface area contributed by atoms with Crippen molar-refractivity contribution >= 4 is 6.09 Å². The molecule has 0 saturated heterocycles. The number of amides is 1. The van der Waals surface area contributed by atoms with Crippen LogP contribution in [0.4, 0.5) is 4.79 Å². The molecule has 0 heterocycles. The number of carbonyl (C=O) groups excluding carboxylic acids is 1. The highest BCUT2D eigenvalue weighted by Crippen LogP contribution is 2.09. The fraction of sp³-hybridized carbons (Fsp3) is 0.900. The highest BCUT2D eigenvalue weighted by Gasteiger charge is 2.20. The summed E-state index contributed by atoms with van der Waals surface area (Å²) < 4.78 is 5.10. The summed E-state index contributed by atoms with van der Waals surface area (Å²) in [5.41, 5.74) is 4.92. The molecule has 0 spiro atoms. The summed E-state index contributed by atoms with van der Waals surface area (Å²) in [6, 6.07) is 0. The highest BCUT2D eigenvalue weighted by atomic mass is 16.7. The summed E-state index contributed by atoms with van der Waals surface area (Å²) in [5, 5.41) is 1.09. The maximum Gasteiger partial charge on any atom is 0.434 e. The molecule has 1 amide bonds. The van der Waals surface area contributed by atoms with Crippen molar-refractivity contribution in [2.45, 2.75) is 33.3 Å². The monoisotopic (exact) mass is 218 g/mol. The third kappa shape index (κ3) is 7.16. The van der Waals surface area contributed by atoms with Gasteiger partial charge in [-0.05, 0) is 33.2 Å². The van der Waals surface area contributed by atoms with E-state index >= 15 is 0 Å². The predicted molar refractivity (Wildman–Crippen MR) is 58.2 cm³/mol. The molecular formula is C10H22N2O3. The summed E-state index contributed by atoms with van der Waals surface area (Å²) in [4.78, 5) is 16.6. The molecule has 5 nitrogen and oxygen atoms in total. The molecule has 0 aromatic heterocycles. The number of ether oxygens (including phenoxy) is 1. The number of nitrogens with two attached hydrogens (primary N) is 1. The van der Waals surface area contributed by atoms with Crippen molar-refractivity contribution in [3.05, 3.63) is 0 Å². The summed E-state index contributed by atoms with van der Waals surface area (Å²) in [7, 11) is 1.53. The first-order valence-electron chi connectivity index (χ1n) is 5.06. The van der Waals surface area contributed by atoms with Crippen molar-refractivity contribution in [2.75, 3.05) is 20.2 Å². The van der Waals surface area contributed by atoms with Crippen molar-refractivity contribution in [1.82, 2.24) is 5.06 Å². The third-order valence-corrected chi connectivity index (χ3v) is 1.61. The van der Waals surface area contributed by atoms with Gasteiger partial charge >= 0.3 is 6.09 Å². The Labute approximate surface area is 91.5 Å². The van der Waals surface area contributed by atoms with Crippen LogP contribution in [-0.2, 0) is 9.57 Å². The third-order valence-electron chi connectivity index (χ3n) is 1.61. The first-order valence-corrected chi connectivity index (χ1v) is 5.06. The molecule has 15 heavy (non-hydrogen) atoms. The van der Waals surface area contributed by atoms with Crippen LogP contribution in [0, 0.1) is 5.92 Å². The van der Waals surface area contributed by atoms with Gasteiger partial charge in [0.25, 0.3) is 0 Å². The fourth-order valence-corrected chi connectivity index (χ4v) is 0.686. The lowest BCUT2D eigenvalue weighted by Crippen LogP contribution is -2.35. The van der Waals surface area contributed by atoms with E-state index in [4.69, 9.17) is 15.3 Å². The molecule has 0 radical (unpaired) electrons. The second kappa shape index (κ2) is 5.92. The Balaban J connectivity index is 3.90. The average molecular weight is 218 g/mol. The van der Waals surface area contributed by atoms with Crippen molar-refractivity contribution in [3.8, 4) is 0 Å². The summed E-state index contributed by atoms with van der Waals surface area (Å²) in [6.07, 6.45) is -0.494. The van der Waals surface area contributed by atoms with Crippen LogP contribution in [0.3, 0.4) is 0 Å². The lowest BCUT2D eigenvalue weighted by Gasteiger charge is -2.24. The van der Waals surface area contributed by atoms with E-state index in [2.05, 4.69) is 0 Å².